The molecule has 1 N–H and O–H groups in total. The summed E-state index contributed by atoms with van der Waals surface area (Å²) in [4.78, 5) is 28.8. The van der Waals surface area contributed by atoms with Crippen molar-refractivity contribution in [1.29, 1.82) is 0 Å². The van der Waals surface area contributed by atoms with E-state index in [-0.39, 0.29) is 17.9 Å². The van der Waals surface area contributed by atoms with Crippen LogP contribution in [0.2, 0.25) is 0 Å². The molecule has 4 rings (SSSR count). The van der Waals surface area contributed by atoms with Crippen LogP contribution in [0, 0.1) is 0 Å². The Hall–Kier alpha value is -3.48. The highest BCUT2D eigenvalue weighted by Crippen LogP contribution is 2.14. The standard InChI is InChI=1S/C19H17N5O2/c1-23-16-9-5-3-7-14(16)22-18(23)11-20-19(26)12-24-15-8-4-2-6-13(15)17(25)10-21-24/h2-10H,11-12H2,1H3,(H,20,26). The van der Waals surface area contributed by atoms with Gasteiger partial charge in [0.2, 0.25) is 11.3 Å². The van der Waals surface area contributed by atoms with Gasteiger partial charge >= 0.3 is 0 Å². The zero-order valence-corrected chi connectivity index (χ0v) is 14.2. The van der Waals surface area contributed by atoms with Crippen LogP contribution in [0.5, 0.6) is 0 Å². The number of benzene rings is 2. The Balaban J connectivity index is 1.52. The van der Waals surface area contributed by atoms with Crippen molar-refractivity contribution in [3.63, 3.8) is 0 Å². The van der Waals surface area contributed by atoms with Crippen molar-refractivity contribution in [3.05, 3.63) is 70.8 Å². The summed E-state index contributed by atoms with van der Waals surface area (Å²) in [5.41, 5.74) is 2.40. The monoisotopic (exact) mass is 347 g/mol. The minimum Gasteiger partial charge on any atom is -0.347 e. The maximum Gasteiger partial charge on any atom is 0.242 e. The number of fused-ring (bicyclic) bond motifs is 2. The average molecular weight is 347 g/mol. The third-order valence-corrected chi connectivity index (χ3v) is 4.38. The van der Waals surface area contributed by atoms with Crippen LogP contribution >= 0.6 is 0 Å². The van der Waals surface area contributed by atoms with E-state index < -0.39 is 0 Å². The predicted molar refractivity (Wildman–Crippen MR) is 98.6 cm³/mol. The molecule has 0 unspecified atom stereocenters. The molecular formula is C19H17N5O2. The van der Waals surface area contributed by atoms with Crippen LogP contribution in [0.15, 0.2) is 59.5 Å². The Morgan fingerprint density at radius 2 is 1.81 bits per heavy atom. The topological polar surface area (TPSA) is 81.8 Å². The quantitative estimate of drug-likeness (QED) is 0.608. The molecular weight excluding hydrogens is 330 g/mol. The molecule has 130 valence electrons. The van der Waals surface area contributed by atoms with E-state index in [0.29, 0.717) is 17.4 Å². The van der Waals surface area contributed by atoms with Crippen molar-refractivity contribution in [2.75, 3.05) is 0 Å². The van der Waals surface area contributed by atoms with Gasteiger partial charge in [0.1, 0.15) is 12.4 Å². The third-order valence-electron chi connectivity index (χ3n) is 4.38. The van der Waals surface area contributed by atoms with Gasteiger partial charge < -0.3 is 9.88 Å². The molecule has 0 saturated heterocycles. The smallest absolute Gasteiger partial charge is 0.242 e. The number of para-hydroxylation sites is 3. The Morgan fingerprint density at radius 3 is 2.62 bits per heavy atom. The van der Waals surface area contributed by atoms with Crippen molar-refractivity contribution < 1.29 is 4.79 Å². The van der Waals surface area contributed by atoms with Gasteiger partial charge in [-0.15, -0.1) is 0 Å². The Labute approximate surface area is 148 Å². The van der Waals surface area contributed by atoms with Gasteiger partial charge in [-0.05, 0) is 24.3 Å². The molecule has 2 aromatic carbocycles. The van der Waals surface area contributed by atoms with Crippen LogP contribution in [0.4, 0.5) is 0 Å². The number of aryl methyl sites for hydroxylation is 1. The fourth-order valence-corrected chi connectivity index (χ4v) is 3.01. The van der Waals surface area contributed by atoms with Crippen molar-refractivity contribution in [3.8, 4) is 0 Å². The second-order valence-electron chi connectivity index (χ2n) is 6.04. The maximum atomic E-state index is 12.4. The predicted octanol–water partition coefficient (Wildman–Crippen LogP) is 1.60. The molecule has 0 atom stereocenters. The fraction of sp³-hybridized carbons (Fsp3) is 0.158. The number of hydrogen-bond donors (Lipinski definition) is 1. The van der Waals surface area contributed by atoms with Crippen LogP contribution in [0.3, 0.4) is 0 Å². The number of aromatic nitrogens is 4. The molecule has 0 saturated carbocycles. The third kappa shape index (κ3) is 2.83. The molecule has 0 spiro atoms. The van der Waals surface area contributed by atoms with Gasteiger partial charge in [0.25, 0.3) is 0 Å². The molecule has 0 aliphatic carbocycles. The number of imidazole rings is 1. The number of nitrogens with one attached hydrogen (secondary N) is 1. The van der Waals surface area contributed by atoms with E-state index >= 15 is 0 Å². The summed E-state index contributed by atoms with van der Waals surface area (Å²) in [6, 6.07) is 14.9. The van der Waals surface area contributed by atoms with Crippen LogP contribution in [-0.4, -0.2) is 25.2 Å². The van der Waals surface area contributed by atoms with Gasteiger partial charge in [0.15, 0.2) is 0 Å². The van der Waals surface area contributed by atoms with Gasteiger partial charge in [-0.25, -0.2) is 4.98 Å². The molecule has 1 amide bonds. The average Bonchev–Trinajstić information content (AvgIpc) is 2.99. The summed E-state index contributed by atoms with van der Waals surface area (Å²) >= 11 is 0. The Bertz CT molecular complexity index is 1180. The van der Waals surface area contributed by atoms with E-state index in [0.717, 1.165) is 16.9 Å². The molecule has 0 radical (unpaired) electrons. The first-order chi connectivity index (χ1) is 12.6. The summed E-state index contributed by atoms with van der Waals surface area (Å²) in [6.45, 7) is 0.354. The highest BCUT2D eigenvalue weighted by Gasteiger charge is 2.11. The van der Waals surface area contributed by atoms with Crippen LogP contribution in [0.25, 0.3) is 21.9 Å². The van der Waals surface area contributed by atoms with E-state index in [4.69, 9.17) is 0 Å². The van der Waals surface area contributed by atoms with Crippen molar-refractivity contribution in [2.45, 2.75) is 13.1 Å². The summed E-state index contributed by atoms with van der Waals surface area (Å²) < 4.78 is 3.49. The Kier molecular flexibility index (Phi) is 3.96. The minimum absolute atomic E-state index is 0.0325. The van der Waals surface area contributed by atoms with Crippen LogP contribution < -0.4 is 10.7 Å². The first-order valence-electron chi connectivity index (χ1n) is 8.25. The van der Waals surface area contributed by atoms with Gasteiger partial charge in [0.05, 0.1) is 29.3 Å². The molecule has 26 heavy (non-hydrogen) atoms. The number of nitrogens with zero attached hydrogens (tertiary/aromatic N) is 4. The second-order valence-corrected chi connectivity index (χ2v) is 6.04. The Morgan fingerprint density at radius 1 is 1.08 bits per heavy atom. The fourth-order valence-electron chi connectivity index (χ4n) is 3.01. The van der Waals surface area contributed by atoms with E-state index in [1.807, 2.05) is 41.9 Å². The van der Waals surface area contributed by atoms with Gasteiger partial charge in [-0.1, -0.05) is 24.3 Å². The van der Waals surface area contributed by atoms with E-state index in [9.17, 15) is 9.59 Å². The van der Waals surface area contributed by atoms with Gasteiger partial charge in [-0.2, -0.15) is 5.10 Å². The molecule has 2 heterocycles. The maximum absolute atomic E-state index is 12.4. The number of amides is 1. The molecule has 7 nitrogen and oxygen atoms in total. The van der Waals surface area contributed by atoms with Crippen LogP contribution in [-0.2, 0) is 24.9 Å². The number of carbonyl (C=O) groups is 1. The number of hydrogen-bond acceptors (Lipinski definition) is 4. The van der Waals surface area contributed by atoms with E-state index in [1.54, 1.807) is 18.2 Å². The molecule has 0 aliphatic rings. The largest absolute Gasteiger partial charge is 0.347 e. The lowest BCUT2D eigenvalue weighted by Crippen LogP contribution is -2.29. The lowest BCUT2D eigenvalue weighted by molar-refractivity contribution is -0.122. The second kappa shape index (κ2) is 6.44. The molecule has 7 heteroatoms. The number of carbonyl (C=O) groups excluding carboxylic acids is 1. The first kappa shape index (κ1) is 16.0. The lowest BCUT2D eigenvalue weighted by Gasteiger charge is -2.10. The first-order valence-corrected chi connectivity index (χ1v) is 8.25. The zero-order valence-electron chi connectivity index (χ0n) is 14.2. The SMILES string of the molecule is Cn1c(CNC(=O)Cn2ncc(=O)c3ccccc32)nc2ccccc21. The molecule has 4 aromatic rings. The normalized spacial score (nSPS) is 11.1. The zero-order chi connectivity index (χ0) is 18.1. The van der Waals surface area contributed by atoms with Gasteiger partial charge in [0, 0.05) is 12.4 Å². The summed E-state index contributed by atoms with van der Waals surface area (Å²) in [5, 5.41) is 7.49. The minimum atomic E-state index is -0.196. The van der Waals surface area contributed by atoms with Crippen molar-refractivity contribution in [2.24, 2.45) is 7.05 Å². The summed E-state index contributed by atoms with van der Waals surface area (Å²) in [7, 11) is 1.92. The van der Waals surface area contributed by atoms with Crippen LogP contribution in [0.1, 0.15) is 5.82 Å². The lowest BCUT2D eigenvalue weighted by atomic mass is 10.2. The molecule has 0 fully saturated rings. The molecule has 2 aromatic heterocycles. The summed E-state index contributed by atoms with van der Waals surface area (Å²) in [5.74, 6) is 0.579. The van der Waals surface area contributed by atoms with E-state index in [1.165, 1.54) is 10.9 Å². The van der Waals surface area contributed by atoms with E-state index in [2.05, 4.69) is 15.4 Å². The molecule has 0 bridgehead atoms. The van der Waals surface area contributed by atoms with Gasteiger partial charge in [-0.3, -0.25) is 14.3 Å². The highest BCUT2D eigenvalue weighted by molar-refractivity contribution is 5.81. The molecule has 0 aliphatic heterocycles. The highest BCUT2D eigenvalue weighted by atomic mass is 16.2. The summed E-state index contributed by atoms with van der Waals surface area (Å²) in [6.07, 6.45) is 1.24. The van der Waals surface area contributed by atoms with Crippen molar-refractivity contribution >= 4 is 27.8 Å². The number of rotatable bonds is 4. The van der Waals surface area contributed by atoms with Crippen molar-refractivity contribution in [1.82, 2.24) is 24.6 Å².